The molecule has 1 unspecified atom stereocenters. The zero-order valence-corrected chi connectivity index (χ0v) is 11.6. The minimum absolute atomic E-state index is 0.213. The predicted molar refractivity (Wildman–Crippen MR) is 74.0 cm³/mol. The van der Waals surface area contributed by atoms with Gasteiger partial charge in [0.05, 0.1) is 0 Å². The molecule has 96 valence electrons. The van der Waals surface area contributed by atoms with E-state index < -0.39 is 0 Å². The molecule has 17 heavy (non-hydrogen) atoms. The van der Waals surface area contributed by atoms with E-state index >= 15 is 0 Å². The van der Waals surface area contributed by atoms with Gasteiger partial charge in [0.1, 0.15) is 0 Å². The van der Waals surface area contributed by atoms with E-state index in [1.807, 2.05) is 0 Å². The Labute approximate surface area is 109 Å². The Morgan fingerprint density at radius 3 is 2.18 bits per heavy atom. The van der Waals surface area contributed by atoms with Gasteiger partial charge >= 0.3 is 0 Å². The molecule has 5 fully saturated rings. The predicted octanol–water partition coefficient (Wildman–Crippen LogP) is 3.28. The fourth-order valence-corrected chi connectivity index (χ4v) is 6.99. The van der Waals surface area contributed by atoms with Crippen molar-refractivity contribution in [2.45, 2.75) is 50.5 Å². The average Bonchev–Trinajstić information content (AvgIpc) is 2.70. The van der Waals surface area contributed by atoms with Gasteiger partial charge in [-0.3, -0.25) is 0 Å². The van der Waals surface area contributed by atoms with Gasteiger partial charge in [-0.25, -0.2) is 0 Å². The van der Waals surface area contributed by atoms with Crippen LogP contribution in [0.5, 0.6) is 0 Å². The number of hydrogen-bond donors (Lipinski definition) is 1. The van der Waals surface area contributed by atoms with E-state index in [0.717, 1.165) is 29.6 Å². The van der Waals surface area contributed by atoms with Crippen molar-refractivity contribution in [2.24, 2.45) is 35.3 Å². The van der Waals surface area contributed by atoms with E-state index in [2.05, 4.69) is 11.8 Å². The maximum absolute atomic E-state index is 6.62. The molecule has 0 amide bonds. The summed E-state index contributed by atoms with van der Waals surface area (Å²) in [5, 5.41) is 0. The third-order valence-electron chi connectivity index (χ3n) is 6.20. The topological polar surface area (TPSA) is 26.0 Å². The molecule has 2 N–H and O–H groups in total. The van der Waals surface area contributed by atoms with Gasteiger partial charge < -0.3 is 5.73 Å². The third-order valence-corrected chi connectivity index (χ3v) is 7.47. The third kappa shape index (κ3) is 1.87. The maximum atomic E-state index is 6.62. The van der Waals surface area contributed by atoms with Crippen LogP contribution in [0.3, 0.4) is 0 Å². The zero-order valence-electron chi connectivity index (χ0n) is 10.7. The summed E-state index contributed by atoms with van der Waals surface area (Å²) in [6.07, 6.45) is 10.4. The molecule has 4 aliphatic carbocycles. The van der Waals surface area contributed by atoms with Crippen molar-refractivity contribution in [3.8, 4) is 0 Å². The van der Waals surface area contributed by atoms with Crippen LogP contribution in [0.4, 0.5) is 0 Å². The molecular formula is C15H25NS. The Morgan fingerprint density at radius 1 is 1.00 bits per heavy atom. The molecular weight excluding hydrogens is 226 g/mol. The summed E-state index contributed by atoms with van der Waals surface area (Å²) < 4.78 is 0. The molecule has 0 aromatic carbocycles. The highest BCUT2D eigenvalue weighted by molar-refractivity contribution is 7.99. The number of nitrogens with two attached hydrogens (primary N) is 1. The molecule has 0 spiro atoms. The van der Waals surface area contributed by atoms with Crippen LogP contribution >= 0.6 is 11.8 Å². The quantitative estimate of drug-likeness (QED) is 0.815. The molecule has 4 bridgehead atoms. The van der Waals surface area contributed by atoms with Crippen LogP contribution in [0.1, 0.15) is 44.9 Å². The summed E-state index contributed by atoms with van der Waals surface area (Å²) in [5.41, 5.74) is 6.83. The van der Waals surface area contributed by atoms with Crippen LogP contribution in [0, 0.1) is 29.6 Å². The molecule has 4 saturated carbocycles. The standard InChI is InChI=1S/C15H25NS/c16-15(1-2-17-9-15)8-14-12-4-10-3-11(6-12)7-13(14)5-10/h10-14H,1-9,16H2. The Morgan fingerprint density at radius 2 is 1.65 bits per heavy atom. The van der Waals surface area contributed by atoms with Gasteiger partial charge in [-0.1, -0.05) is 0 Å². The van der Waals surface area contributed by atoms with Gasteiger partial charge in [0.2, 0.25) is 0 Å². The van der Waals surface area contributed by atoms with Crippen molar-refractivity contribution < 1.29 is 0 Å². The molecule has 2 heteroatoms. The lowest BCUT2D eigenvalue weighted by atomic mass is 9.50. The molecule has 1 nitrogen and oxygen atoms in total. The highest BCUT2D eigenvalue weighted by Gasteiger charge is 2.50. The first-order chi connectivity index (χ1) is 8.22. The molecule has 0 aromatic rings. The number of thioether (sulfide) groups is 1. The average molecular weight is 251 g/mol. The van der Waals surface area contributed by atoms with Crippen LogP contribution in [-0.4, -0.2) is 17.0 Å². The highest BCUT2D eigenvalue weighted by Crippen LogP contribution is 2.58. The van der Waals surface area contributed by atoms with Crippen molar-refractivity contribution in [2.75, 3.05) is 11.5 Å². The summed E-state index contributed by atoms with van der Waals surface area (Å²) in [6.45, 7) is 0. The summed E-state index contributed by atoms with van der Waals surface area (Å²) >= 11 is 2.08. The van der Waals surface area contributed by atoms with Gasteiger partial charge in [0.15, 0.2) is 0 Å². The lowest BCUT2D eigenvalue weighted by Crippen LogP contribution is -2.50. The second kappa shape index (κ2) is 3.90. The van der Waals surface area contributed by atoms with E-state index in [0.29, 0.717) is 0 Å². The first kappa shape index (κ1) is 11.2. The van der Waals surface area contributed by atoms with Gasteiger partial charge in [-0.05, 0) is 80.3 Å². The lowest BCUT2D eigenvalue weighted by molar-refractivity contribution is -0.0465. The van der Waals surface area contributed by atoms with Crippen LogP contribution in [0.25, 0.3) is 0 Å². The summed E-state index contributed by atoms with van der Waals surface area (Å²) in [6, 6.07) is 0. The largest absolute Gasteiger partial charge is 0.324 e. The molecule has 1 saturated heterocycles. The van der Waals surface area contributed by atoms with Crippen molar-refractivity contribution in [1.82, 2.24) is 0 Å². The first-order valence-electron chi connectivity index (χ1n) is 7.58. The van der Waals surface area contributed by atoms with Crippen molar-refractivity contribution >= 4 is 11.8 Å². The van der Waals surface area contributed by atoms with E-state index in [-0.39, 0.29) is 5.54 Å². The van der Waals surface area contributed by atoms with Gasteiger partial charge in [0, 0.05) is 11.3 Å². The molecule has 5 rings (SSSR count). The van der Waals surface area contributed by atoms with Crippen LogP contribution in [0.2, 0.25) is 0 Å². The summed E-state index contributed by atoms with van der Waals surface area (Å²) in [5.74, 6) is 7.90. The van der Waals surface area contributed by atoms with Crippen molar-refractivity contribution in [3.05, 3.63) is 0 Å². The summed E-state index contributed by atoms with van der Waals surface area (Å²) in [7, 11) is 0. The zero-order chi connectivity index (χ0) is 11.5. The molecule has 1 atom stereocenters. The fourth-order valence-electron chi connectivity index (χ4n) is 5.62. The molecule has 1 aliphatic heterocycles. The normalized spacial score (nSPS) is 56.6. The van der Waals surface area contributed by atoms with Gasteiger partial charge in [-0.15, -0.1) is 0 Å². The van der Waals surface area contributed by atoms with Crippen molar-refractivity contribution in [3.63, 3.8) is 0 Å². The molecule has 5 aliphatic rings. The Bertz CT molecular complexity index is 280. The van der Waals surface area contributed by atoms with Crippen LogP contribution < -0.4 is 5.73 Å². The molecule has 0 aromatic heterocycles. The highest BCUT2D eigenvalue weighted by atomic mass is 32.2. The number of rotatable bonds is 2. The van der Waals surface area contributed by atoms with E-state index in [1.165, 1.54) is 24.3 Å². The Hall–Kier alpha value is 0.310. The van der Waals surface area contributed by atoms with Crippen LogP contribution in [0.15, 0.2) is 0 Å². The van der Waals surface area contributed by atoms with E-state index in [1.54, 1.807) is 32.1 Å². The minimum Gasteiger partial charge on any atom is -0.324 e. The lowest BCUT2D eigenvalue weighted by Gasteiger charge is -2.55. The second-order valence-corrected chi connectivity index (χ2v) is 8.57. The monoisotopic (exact) mass is 251 g/mol. The van der Waals surface area contributed by atoms with E-state index in [4.69, 9.17) is 5.73 Å². The van der Waals surface area contributed by atoms with E-state index in [9.17, 15) is 0 Å². The fraction of sp³-hybridized carbons (Fsp3) is 1.00. The Kier molecular flexibility index (Phi) is 2.56. The SMILES string of the molecule is NC1(CC2C3CC4CC(C3)CC2C4)CCSC1. The van der Waals surface area contributed by atoms with Crippen molar-refractivity contribution in [1.29, 1.82) is 0 Å². The smallest absolute Gasteiger partial charge is 0.0256 e. The second-order valence-electron chi connectivity index (χ2n) is 7.46. The van der Waals surface area contributed by atoms with Crippen LogP contribution in [-0.2, 0) is 0 Å². The molecule has 1 heterocycles. The first-order valence-corrected chi connectivity index (χ1v) is 8.74. The molecule has 0 radical (unpaired) electrons. The van der Waals surface area contributed by atoms with Gasteiger partial charge in [0.25, 0.3) is 0 Å². The van der Waals surface area contributed by atoms with Gasteiger partial charge in [-0.2, -0.15) is 11.8 Å². The minimum atomic E-state index is 0.213. The number of hydrogen-bond acceptors (Lipinski definition) is 2. The Balaban J connectivity index is 1.51. The summed E-state index contributed by atoms with van der Waals surface area (Å²) in [4.78, 5) is 0. The maximum Gasteiger partial charge on any atom is 0.0256 e.